The molecule has 1 unspecified atom stereocenters. The summed E-state index contributed by atoms with van der Waals surface area (Å²) in [5.74, 6) is 0.565. The molecule has 1 aromatic rings. The highest BCUT2D eigenvalue weighted by molar-refractivity contribution is 5.85. The fourth-order valence-electron chi connectivity index (χ4n) is 2.54. The Bertz CT molecular complexity index is 535. The van der Waals surface area contributed by atoms with E-state index in [0.29, 0.717) is 11.8 Å². The van der Waals surface area contributed by atoms with Crippen LogP contribution in [0, 0.1) is 5.92 Å². The Hall–Kier alpha value is -1.81. The molecular formula is C17H23NO3. The monoisotopic (exact) mass is 289 g/mol. The highest BCUT2D eigenvalue weighted by atomic mass is 16.5. The van der Waals surface area contributed by atoms with E-state index in [-0.39, 0.29) is 0 Å². The first-order valence-electron chi connectivity index (χ1n) is 7.29. The molecule has 0 radical (unpaired) electrons. The van der Waals surface area contributed by atoms with Crippen molar-refractivity contribution in [3.63, 3.8) is 0 Å². The largest absolute Gasteiger partial charge is 0.496 e. The molecule has 21 heavy (non-hydrogen) atoms. The summed E-state index contributed by atoms with van der Waals surface area (Å²) in [6.45, 7) is 3.13. The number of benzene rings is 1. The number of carbonyl (C=O) groups is 1. The molecule has 0 spiro atoms. The lowest BCUT2D eigenvalue weighted by atomic mass is 10.1. The Balaban J connectivity index is 2.12. The molecule has 1 aliphatic rings. The van der Waals surface area contributed by atoms with E-state index in [1.165, 1.54) is 12.8 Å². The summed E-state index contributed by atoms with van der Waals surface area (Å²) in [5.41, 5.74) is 1.96. The number of rotatable bonds is 7. The average molecular weight is 289 g/mol. The topological polar surface area (TPSA) is 49.8 Å². The number of hydrogen-bond acceptors (Lipinski definition) is 3. The lowest BCUT2D eigenvalue weighted by Crippen LogP contribution is -2.30. The van der Waals surface area contributed by atoms with Gasteiger partial charge in [-0.15, -0.1) is 0 Å². The summed E-state index contributed by atoms with van der Waals surface area (Å²) in [5, 5.41) is 8.76. The van der Waals surface area contributed by atoms with Crippen LogP contribution < -0.4 is 4.74 Å². The van der Waals surface area contributed by atoms with Gasteiger partial charge in [0.05, 0.1) is 7.11 Å². The van der Waals surface area contributed by atoms with Crippen molar-refractivity contribution >= 4 is 12.0 Å². The highest BCUT2D eigenvalue weighted by Gasteiger charge is 2.30. The molecular weight excluding hydrogens is 266 g/mol. The van der Waals surface area contributed by atoms with Crippen molar-refractivity contribution in [2.45, 2.75) is 32.4 Å². The zero-order chi connectivity index (χ0) is 15.4. The molecule has 0 bridgehead atoms. The molecule has 0 saturated heterocycles. The maximum absolute atomic E-state index is 10.7. The van der Waals surface area contributed by atoms with Crippen molar-refractivity contribution in [3.05, 3.63) is 35.4 Å². The van der Waals surface area contributed by atoms with Gasteiger partial charge in [-0.2, -0.15) is 0 Å². The zero-order valence-electron chi connectivity index (χ0n) is 12.9. The standard InChI is InChI=1S/C17H23NO3/c1-12(14-5-6-14)18(2)11-13-4-8-16(21-3)15(10-13)7-9-17(19)20/h4,7-10,12,14H,5-6,11H2,1-3H3,(H,19,20). The van der Waals surface area contributed by atoms with E-state index in [1.54, 1.807) is 13.2 Å². The molecule has 0 aliphatic heterocycles. The van der Waals surface area contributed by atoms with E-state index in [2.05, 4.69) is 18.9 Å². The molecule has 1 N–H and O–H groups in total. The molecule has 2 rings (SSSR count). The molecule has 0 heterocycles. The first kappa shape index (κ1) is 15.6. The lowest BCUT2D eigenvalue weighted by molar-refractivity contribution is -0.131. The number of methoxy groups -OCH3 is 1. The second-order valence-corrected chi connectivity index (χ2v) is 5.74. The van der Waals surface area contributed by atoms with Gasteiger partial charge < -0.3 is 9.84 Å². The maximum Gasteiger partial charge on any atom is 0.328 e. The fourth-order valence-corrected chi connectivity index (χ4v) is 2.54. The second kappa shape index (κ2) is 6.76. The van der Waals surface area contributed by atoms with Crippen molar-refractivity contribution in [3.8, 4) is 5.75 Å². The molecule has 1 saturated carbocycles. The third-order valence-electron chi connectivity index (χ3n) is 4.13. The molecule has 0 amide bonds. The van der Waals surface area contributed by atoms with Crippen LogP contribution >= 0.6 is 0 Å². The van der Waals surface area contributed by atoms with Crippen molar-refractivity contribution in [1.82, 2.24) is 4.90 Å². The zero-order valence-corrected chi connectivity index (χ0v) is 12.9. The SMILES string of the molecule is COc1ccc(CN(C)C(C)C2CC2)cc1C=CC(=O)O. The van der Waals surface area contributed by atoms with Gasteiger partial charge in [-0.3, -0.25) is 4.90 Å². The second-order valence-electron chi connectivity index (χ2n) is 5.74. The van der Waals surface area contributed by atoms with Crippen LogP contribution in [0.5, 0.6) is 5.75 Å². The van der Waals surface area contributed by atoms with Gasteiger partial charge in [0.25, 0.3) is 0 Å². The van der Waals surface area contributed by atoms with Gasteiger partial charge in [0.2, 0.25) is 0 Å². The van der Waals surface area contributed by atoms with E-state index >= 15 is 0 Å². The number of ether oxygens (including phenoxy) is 1. The smallest absolute Gasteiger partial charge is 0.328 e. The predicted molar refractivity (Wildman–Crippen MR) is 83.3 cm³/mol. The first-order valence-corrected chi connectivity index (χ1v) is 7.29. The van der Waals surface area contributed by atoms with Gasteiger partial charge in [-0.1, -0.05) is 6.07 Å². The first-order chi connectivity index (χ1) is 10.0. The van der Waals surface area contributed by atoms with Gasteiger partial charge in [0, 0.05) is 24.2 Å². The Morgan fingerprint density at radius 3 is 2.81 bits per heavy atom. The Kier molecular flexibility index (Phi) is 5.02. The van der Waals surface area contributed by atoms with E-state index in [9.17, 15) is 4.79 Å². The summed E-state index contributed by atoms with van der Waals surface area (Å²) >= 11 is 0. The molecule has 114 valence electrons. The van der Waals surface area contributed by atoms with Crippen molar-refractivity contribution in [2.75, 3.05) is 14.2 Å². The Morgan fingerprint density at radius 1 is 1.52 bits per heavy atom. The van der Waals surface area contributed by atoms with E-state index in [4.69, 9.17) is 9.84 Å². The third-order valence-corrected chi connectivity index (χ3v) is 4.13. The Labute approximate surface area is 126 Å². The summed E-state index contributed by atoms with van der Waals surface area (Å²) in [7, 11) is 3.73. The molecule has 1 aliphatic carbocycles. The van der Waals surface area contributed by atoms with Crippen LogP contribution in [0.4, 0.5) is 0 Å². The summed E-state index contributed by atoms with van der Waals surface area (Å²) in [6.07, 6.45) is 5.38. The molecule has 0 aromatic heterocycles. The predicted octanol–water partition coefficient (Wildman–Crippen LogP) is 3.02. The summed E-state index contributed by atoms with van der Waals surface area (Å²) in [4.78, 5) is 13.0. The minimum Gasteiger partial charge on any atom is -0.496 e. The van der Waals surface area contributed by atoms with Gasteiger partial charge in [-0.05, 0) is 56.5 Å². The minimum atomic E-state index is -0.957. The van der Waals surface area contributed by atoms with Gasteiger partial charge in [0.15, 0.2) is 0 Å². The van der Waals surface area contributed by atoms with Crippen LogP contribution in [0.3, 0.4) is 0 Å². The number of nitrogens with zero attached hydrogens (tertiary/aromatic N) is 1. The lowest BCUT2D eigenvalue weighted by Gasteiger charge is -2.24. The number of carboxylic acids is 1. The molecule has 1 atom stereocenters. The van der Waals surface area contributed by atoms with Crippen molar-refractivity contribution in [1.29, 1.82) is 0 Å². The van der Waals surface area contributed by atoms with E-state index in [0.717, 1.165) is 29.7 Å². The molecule has 1 aromatic carbocycles. The fraction of sp³-hybridized carbons (Fsp3) is 0.471. The highest BCUT2D eigenvalue weighted by Crippen LogP contribution is 2.35. The van der Waals surface area contributed by atoms with Crippen molar-refractivity contribution in [2.24, 2.45) is 5.92 Å². The average Bonchev–Trinajstić information content (AvgIpc) is 3.29. The van der Waals surface area contributed by atoms with Crippen LogP contribution in [0.25, 0.3) is 6.08 Å². The number of carboxylic acid groups (broad SMARTS) is 1. The minimum absolute atomic E-state index is 0.588. The summed E-state index contributed by atoms with van der Waals surface area (Å²) in [6, 6.07) is 6.51. The van der Waals surface area contributed by atoms with Crippen LogP contribution in [0.1, 0.15) is 30.9 Å². The molecule has 4 heteroatoms. The summed E-state index contributed by atoms with van der Waals surface area (Å²) < 4.78 is 5.28. The Morgan fingerprint density at radius 2 is 2.24 bits per heavy atom. The third kappa shape index (κ3) is 4.33. The van der Waals surface area contributed by atoms with Gasteiger partial charge in [-0.25, -0.2) is 4.79 Å². The van der Waals surface area contributed by atoms with E-state index in [1.807, 2.05) is 18.2 Å². The molecule has 1 fully saturated rings. The normalized spacial score (nSPS) is 16.4. The van der Waals surface area contributed by atoms with Gasteiger partial charge in [0.1, 0.15) is 5.75 Å². The molecule has 4 nitrogen and oxygen atoms in total. The van der Waals surface area contributed by atoms with Crippen LogP contribution in [-0.2, 0) is 11.3 Å². The van der Waals surface area contributed by atoms with Crippen LogP contribution in [0.15, 0.2) is 24.3 Å². The maximum atomic E-state index is 10.7. The number of aliphatic carboxylic acids is 1. The van der Waals surface area contributed by atoms with Crippen LogP contribution in [-0.4, -0.2) is 36.2 Å². The van der Waals surface area contributed by atoms with E-state index < -0.39 is 5.97 Å². The quantitative estimate of drug-likeness (QED) is 0.784. The number of hydrogen-bond donors (Lipinski definition) is 1. The van der Waals surface area contributed by atoms with Crippen molar-refractivity contribution < 1.29 is 14.6 Å². The van der Waals surface area contributed by atoms with Gasteiger partial charge >= 0.3 is 5.97 Å². The van der Waals surface area contributed by atoms with Crippen LogP contribution in [0.2, 0.25) is 0 Å².